The van der Waals surface area contributed by atoms with Gasteiger partial charge in [0.15, 0.2) is 0 Å². The molecule has 2 aromatic carbocycles. The Labute approximate surface area is 123 Å². The number of nitrogens with two attached hydrogens (primary N) is 1. The van der Waals surface area contributed by atoms with Crippen LogP contribution in [0.25, 0.3) is 10.8 Å². The fourth-order valence-electron chi connectivity index (χ4n) is 2.21. The van der Waals surface area contributed by atoms with Gasteiger partial charge in [-0.15, -0.1) is 0 Å². The molecule has 0 aliphatic rings. The Morgan fingerprint density at radius 3 is 2.76 bits per heavy atom. The summed E-state index contributed by atoms with van der Waals surface area (Å²) in [6.45, 7) is 0.586. The molecule has 5 heteroatoms. The lowest BCUT2D eigenvalue weighted by atomic mass is 10.1. The predicted octanol–water partition coefficient (Wildman–Crippen LogP) is 2.24. The number of fused-ring (bicyclic) bond motifs is 1. The summed E-state index contributed by atoms with van der Waals surface area (Å²) < 4.78 is 4.95. The summed E-state index contributed by atoms with van der Waals surface area (Å²) >= 11 is 0. The molecule has 0 spiro atoms. The first-order chi connectivity index (χ1) is 10.1. The van der Waals surface area contributed by atoms with Crippen LogP contribution in [-0.4, -0.2) is 30.8 Å². The SMILES string of the molecule is COCCCC(N)C(=O)Nc1cccc2c(O)cccc12. The lowest BCUT2D eigenvalue weighted by Crippen LogP contribution is -2.35. The molecular formula is C16H20N2O3. The van der Waals surface area contributed by atoms with E-state index in [2.05, 4.69) is 5.32 Å². The average molecular weight is 288 g/mol. The van der Waals surface area contributed by atoms with Gasteiger partial charge in [-0.1, -0.05) is 24.3 Å². The molecule has 2 aromatic rings. The zero-order chi connectivity index (χ0) is 15.2. The van der Waals surface area contributed by atoms with Crippen molar-refractivity contribution in [3.05, 3.63) is 36.4 Å². The molecule has 4 N–H and O–H groups in total. The number of carbonyl (C=O) groups excluding carboxylic acids is 1. The standard InChI is InChI=1S/C16H20N2O3/c1-21-10-4-7-13(17)16(20)18-14-8-2-6-12-11(14)5-3-9-15(12)19/h2-3,5-6,8-9,13,19H,4,7,10,17H2,1H3,(H,18,20). The fourth-order valence-corrected chi connectivity index (χ4v) is 2.21. The molecule has 1 amide bonds. The van der Waals surface area contributed by atoms with Crippen molar-refractivity contribution in [2.75, 3.05) is 19.0 Å². The number of amides is 1. The second-order valence-electron chi connectivity index (χ2n) is 4.91. The van der Waals surface area contributed by atoms with Gasteiger partial charge < -0.3 is 20.9 Å². The number of rotatable bonds is 6. The third-order valence-corrected chi connectivity index (χ3v) is 3.36. The predicted molar refractivity (Wildman–Crippen MR) is 83.3 cm³/mol. The number of benzene rings is 2. The van der Waals surface area contributed by atoms with Crippen molar-refractivity contribution < 1.29 is 14.6 Å². The molecule has 0 aliphatic heterocycles. The number of hydrogen-bond acceptors (Lipinski definition) is 4. The molecule has 5 nitrogen and oxygen atoms in total. The maximum Gasteiger partial charge on any atom is 0.241 e. The molecule has 0 saturated heterocycles. The molecule has 1 atom stereocenters. The number of hydrogen-bond donors (Lipinski definition) is 3. The van der Waals surface area contributed by atoms with E-state index in [1.54, 1.807) is 37.4 Å². The number of aromatic hydroxyl groups is 1. The Balaban J connectivity index is 2.12. The lowest BCUT2D eigenvalue weighted by molar-refractivity contribution is -0.117. The van der Waals surface area contributed by atoms with E-state index >= 15 is 0 Å². The number of phenolic OH excluding ortho intramolecular Hbond substituents is 1. The molecule has 0 bridgehead atoms. The van der Waals surface area contributed by atoms with Crippen molar-refractivity contribution in [3.63, 3.8) is 0 Å². The van der Waals surface area contributed by atoms with Crippen LogP contribution < -0.4 is 11.1 Å². The van der Waals surface area contributed by atoms with Crippen LogP contribution in [0.2, 0.25) is 0 Å². The molecule has 0 aromatic heterocycles. The van der Waals surface area contributed by atoms with Gasteiger partial charge in [-0.25, -0.2) is 0 Å². The van der Waals surface area contributed by atoms with Crippen molar-refractivity contribution in [2.24, 2.45) is 5.73 Å². The minimum absolute atomic E-state index is 0.188. The summed E-state index contributed by atoms with van der Waals surface area (Å²) in [5.74, 6) is -0.0464. The molecule has 0 heterocycles. The smallest absolute Gasteiger partial charge is 0.241 e. The van der Waals surface area contributed by atoms with Crippen LogP contribution in [0.1, 0.15) is 12.8 Å². The van der Waals surface area contributed by atoms with E-state index in [0.29, 0.717) is 24.1 Å². The number of methoxy groups -OCH3 is 1. The van der Waals surface area contributed by atoms with E-state index in [4.69, 9.17) is 10.5 Å². The van der Waals surface area contributed by atoms with Crippen molar-refractivity contribution in [2.45, 2.75) is 18.9 Å². The maximum atomic E-state index is 12.1. The first-order valence-electron chi connectivity index (χ1n) is 6.89. The molecule has 0 aliphatic carbocycles. The van der Waals surface area contributed by atoms with Gasteiger partial charge in [-0.2, -0.15) is 0 Å². The van der Waals surface area contributed by atoms with Gasteiger partial charge >= 0.3 is 0 Å². The Morgan fingerprint density at radius 2 is 2.00 bits per heavy atom. The number of ether oxygens (including phenoxy) is 1. The molecular weight excluding hydrogens is 268 g/mol. The third kappa shape index (κ3) is 3.71. The van der Waals surface area contributed by atoms with E-state index < -0.39 is 6.04 Å². The number of phenols is 1. The molecule has 1 unspecified atom stereocenters. The Hall–Kier alpha value is -2.11. The van der Waals surface area contributed by atoms with Crippen molar-refractivity contribution in [1.82, 2.24) is 0 Å². The molecule has 0 fully saturated rings. The van der Waals surface area contributed by atoms with Crippen molar-refractivity contribution >= 4 is 22.4 Å². The van der Waals surface area contributed by atoms with Crippen LogP contribution in [0.15, 0.2) is 36.4 Å². The van der Waals surface area contributed by atoms with Crippen LogP contribution in [0.3, 0.4) is 0 Å². The van der Waals surface area contributed by atoms with Gasteiger partial charge in [0, 0.05) is 30.2 Å². The van der Waals surface area contributed by atoms with E-state index in [1.165, 1.54) is 0 Å². The largest absolute Gasteiger partial charge is 0.507 e. The van der Waals surface area contributed by atoms with Crippen molar-refractivity contribution in [3.8, 4) is 5.75 Å². The Kier molecular flexibility index (Phi) is 5.14. The van der Waals surface area contributed by atoms with Gasteiger partial charge in [-0.05, 0) is 25.0 Å². The Bertz CT molecular complexity index is 628. The normalized spacial score (nSPS) is 12.3. The molecule has 112 valence electrons. The number of anilines is 1. The highest BCUT2D eigenvalue weighted by Crippen LogP contribution is 2.29. The number of carbonyl (C=O) groups is 1. The summed E-state index contributed by atoms with van der Waals surface area (Å²) in [7, 11) is 1.62. The second-order valence-corrected chi connectivity index (χ2v) is 4.91. The van der Waals surface area contributed by atoms with Gasteiger partial charge in [0.05, 0.1) is 6.04 Å². The van der Waals surface area contributed by atoms with Crippen LogP contribution in [0, 0.1) is 0 Å². The van der Waals surface area contributed by atoms with Crippen LogP contribution in [-0.2, 0) is 9.53 Å². The van der Waals surface area contributed by atoms with Gasteiger partial charge in [-0.3, -0.25) is 4.79 Å². The molecule has 0 saturated carbocycles. The molecule has 0 radical (unpaired) electrons. The van der Waals surface area contributed by atoms with Crippen LogP contribution >= 0.6 is 0 Å². The zero-order valence-corrected chi connectivity index (χ0v) is 12.0. The summed E-state index contributed by atoms with van der Waals surface area (Å²) in [4.78, 5) is 12.1. The quantitative estimate of drug-likeness (QED) is 0.712. The lowest BCUT2D eigenvalue weighted by Gasteiger charge is -2.14. The first-order valence-corrected chi connectivity index (χ1v) is 6.89. The minimum Gasteiger partial charge on any atom is -0.507 e. The van der Waals surface area contributed by atoms with Gasteiger partial charge in [0.25, 0.3) is 0 Å². The first kappa shape index (κ1) is 15.3. The monoisotopic (exact) mass is 288 g/mol. The summed E-state index contributed by atoms with van der Waals surface area (Å²) in [6, 6.07) is 10.0. The second kappa shape index (κ2) is 7.06. The highest BCUT2D eigenvalue weighted by Gasteiger charge is 2.14. The van der Waals surface area contributed by atoms with E-state index in [0.717, 1.165) is 11.8 Å². The van der Waals surface area contributed by atoms with Crippen LogP contribution in [0.5, 0.6) is 5.75 Å². The summed E-state index contributed by atoms with van der Waals surface area (Å²) in [5.41, 5.74) is 6.51. The summed E-state index contributed by atoms with van der Waals surface area (Å²) in [5, 5.41) is 14.1. The average Bonchev–Trinajstić information content (AvgIpc) is 2.48. The minimum atomic E-state index is -0.576. The fraction of sp³-hybridized carbons (Fsp3) is 0.312. The molecule has 2 rings (SSSR count). The van der Waals surface area contributed by atoms with Crippen LogP contribution in [0.4, 0.5) is 5.69 Å². The number of nitrogens with one attached hydrogen (secondary N) is 1. The molecule has 21 heavy (non-hydrogen) atoms. The van der Waals surface area contributed by atoms with E-state index in [1.807, 2.05) is 6.07 Å². The maximum absolute atomic E-state index is 12.1. The van der Waals surface area contributed by atoms with Gasteiger partial charge in [0.1, 0.15) is 5.75 Å². The Morgan fingerprint density at radius 1 is 1.29 bits per heavy atom. The third-order valence-electron chi connectivity index (χ3n) is 3.36. The topological polar surface area (TPSA) is 84.6 Å². The van der Waals surface area contributed by atoms with E-state index in [-0.39, 0.29) is 11.7 Å². The highest BCUT2D eigenvalue weighted by atomic mass is 16.5. The van der Waals surface area contributed by atoms with E-state index in [9.17, 15) is 9.90 Å². The highest BCUT2D eigenvalue weighted by molar-refractivity contribution is 6.05. The van der Waals surface area contributed by atoms with Gasteiger partial charge in [0.2, 0.25) is 5.91 Å². The van der Waals surface area contributed by atoms with Crippen molar-refractivity contribution in [1.29, 1.82) is 0 Å². The summed E-state index contributed by atoms with van der Waals surface area (Å²) in [6.07, 6.45) is 1.30. The zero-order valence-electron chi connectivity index (χ0n) is 12.0.